The van der Waals surface area contributed by atoms with Gasteiger partial charge >= 0.3 is 0 Å². The summed E-state index contributed by atoms with van der Waals surface area (Å²) in [4.78, 5) is 7.76. The first-order valence-corrected chi connectivity index (χ1v) is 4.52. The van der Waals surface area contributed by atoms with E-state index in [1.165, 1.54) is 22.2 Å². The molecule has 0 aliphatic carbocycles. The molecule has 0 atom stereocenters. The Morgan fingerprint density at radius 3 is 2.54 bits per heavy atom. The highest BCUT2D eigenvalue weighted by Crippen LogP contribution is 2.23. The van der Waals surface area contributed by atoms with Gasteiger partial charge in [0.25, 0.3) is 0 Å². The van der Waals surface area contributed by atoms with Crippen LogP contribution in [0.2, 0.25) is 0 Å². The number of nitrogens with zero attached hydrogens (tertiary/aromatic N) is 1. The fourth-order valence-electron chi connectivity index (χ4n) is 1.86. The van der Waals surface area contributed by atoms with Crippen molar-refractivity contribution in [1.82, 2.24) is 9.97 Å². The van der Waals surface area contributed by atoms with E-state index in [4.69, 9.17) is 0 Å². The molecule has 0 radical (unpaired) electrons. The SMILES string of the molecule is Cc1cc(C)c2c(C)c(C)[nH]c2n1. The topological polar surface area (TPSA) is 28.7 Å². The number of hydrogen-bond donors (Lipinski definition) is 1. The van der Waals surface area contributed by atoms with E-state index in [2.05, 4.69) is 36.8 Å². The minimum Gasteiger partial charge on any atom is -0.343 e. The van der Waals surface area contributed by atoms with E-state index in [0.29, 0.717) is 0 Å². The molecule has 0 aliphatic rings. The van der Waals surface area contributed by atoms with Crippen LogP contribution in [0.3, 0.4) is 0 Å². The van der Waals surface area contributed by atoms with Crippen LogP contribution in [0.1, 0.15) is 22.5 Å². The van der Waals surface area contributed by atoms with Crippen LogP contribution >= 0.6 is 0 Å². The molecule has 2 rings (SSSR count). The average Bonchev–Trinajstić information content (AvgIpc) is 2.27. The average molecular weight is 174 g/mol. The lowest BCUT2D eigenvalue weighted by Gasteiger charge is -1.98. The molecule has 2 nitrogen and oxygen atoms in total. The summed E-state index contributed by atoms with van der Waals surface area (Å²) in [5.74, 6) is 0. The van der Waals surface area contributed by atoms with Crippen LogP contribution in [0, 0.1) is 27.7 Å². The highest BCUT2D eigenvalue weighted by molar-refractivity contribution is 5.84. The van der Waals surface area contributed by atoms with E-state index in [1.807, 2.05) is 6.92 Å². The van der Waals surface area contributed by atoms with Gasteiger partial charge in [-0.3, -0.25) is 0 Å². The summed E-state index contributed by atoms with van der Waals surface area (Å²) in [7, 11) is 0. The van der Waals surface area contributed by atoms with Crippen molar-refractivity contribution in [3.05, 3.63) is 28.6 Å². The van der Waals surface area contributed by atoms with Crippen molar-refractivity contribution in [2.45, 2.75) is 27.7 Å². The Kier molecular flexibility index (Phi) is 1.65. The Labute approximate surface area is 78.0 Å². The molecule has 0 saturated carbocycles. The number of fused-ring (bicyclic) bond motifs is 1. The molecule has 2 heteroatoms. The van der Waals surface area contributed by atoms with E-state index < -0.39 is 0 Å². The van der Waals surface area contributed by atoms with Crippen LogP contribution in [-0.4, -0.2) is 9.97 Å². The van der Waals surface area contributed by atoms with Gasteiger partial charge in [0, 0.05) is 16.8 Å². The second-order valence-electron chi connectivity index (χ2n) is 3.68. The molecule has 0 spiro atoms. The van der Waals surface area contributed by atoms with Crippen molar-refractivity contribution in [3.8, 4) is 0 Å². The van der Waals surface area contributed by atoms with Crippen LogP contribution in [-0.2, 0) is 0 Å². The predicted molar refractivity (Wildman–Crippen MR) is 55.0 cm³/mol. The van der Waals surface area contributed by atoms with E-state index in [9.17, 15) is 0 Å². The number of aromatic amines is 1. The zero-order valence-corrected chi connectivity index (χ0v) is 8.52. The Bertz CT molecular complexity index is 466. The van der Waals surface area contributed by atoms with Crippen molar-refractivity contribution in [2.75, 3.05) is 0 Å². The highest BCUT2D eigenvalue weighted by Gasteiger charge is 2.07. The highest BCUT2D eigenvalue weighted by atomic mass is 14.9. The molecule has 0 amide bonds. The van der Waals surface area contributed by atoms with Crippen LogP contribution in [0.25, 0.3) is 11.0 Å². The molecule has 0 fully saturated rings. The van der Waals surface area contributed by atoms with Gasteiger partial charge in [-0.2, -0.15) is 0 Å². The number of nitrogens with one attached hydrogen (secondary N) is 1. The predicted octanol–water partition coefficient (Wildman–Crippen LogP) is 2.80. The molecule has 2 aromatic rings. The first kappa shape index (κ1) is 8.30. The molecule has 2 aromatic heterocycles. The molecule has 68 valence electrons. The van der Waals surface area contributed by atoms with Gasteiger partial charge in [-0.15, -0.1) is 0 Å². The van der Waals surface area contributed by atoms with Crippen LogP contribution in [0.4, 0.5) is 0 Å². The molecule has 0 bridgehead atoms. The number of rotatable bonds is 0. The molecule has 0 aromatic carbocycles. The van der Waals surface area contributed by atoms with Gasteiger partial charge in [-0.1, -0.05) is 0 Å². The summed E-state index contributed by atoms with van der Waals surface area (Å²) in [6.45, 7) is 8.39. The van der Waals surface area contributed by atoms with Gasteiger partial charge in [-0.25, -0.2) is 4.98 Å². The standard InChI is InChI=1S/C11H14N2/c1-6-5-7(2)12-11-10(6)8(3)9(4)13-11/h5H,1-4H3,(H,12,13). The lowest BCUT2D eigenvalue weighted by atomic mass is 10.1. The second-order valence-corrected chi connectivity index (χ2v) is 3.68. The van der Waals surface area contributed by atoms with Crippen molar-refractivity contribution < 1.29 is 0 Å². The maximum atomic E-state index is 4.46. The fraction of sp³-hybridized carbons (Fsp3) is 0.364. The lowest BCUT2D eigenvalue weighted by molar-refractivity contribution is 1.18. The maximum Gasteiger partial charge on any atom is 0.138 e. The number of aryl methyl sites for hydroxylation is 4. The van der Waals surface area contributed by atoms with Crippen molar-refractivity contribution >= 4 is 11.0 Å². The normalized spacial score (nSPS) is 11.1. The smallest absolute Gasteiger partial charge is 0.138 e. The molecule has 0 aliphatic heterocycles. The molecular weight excluding hydrogens is 160 g/mol. The van der Waals surface area contributed by atoms with E-state index in [0.717, 1.165) is 11.3 Å². The van der Waals surface area contributed by atoms with Gasteiger partial charge < -0.3 is 4.98 Å². The molecule has 2 heterocycles. The lowest BCUT2D eigenvalue weighted by Crippen LogP contribution is -1.85. The fourth-order valence-corrected chi connectivity index (χ4v) is 1.86. The largest absolute Gasteiger partial charge is 0.343 e. The number of aromatic nitrogens is 2. The zero-order valence-electron chi connectivity index (χ0n) is 8.52. The Morgan fingerprint density at radius 2 is 1.85 bits per heavy atom. The molecule has 13 heavy (non-hydrogen) atoms. The van der Waals surface area contributed by atoms with Gasteiger partial charge in [0.1, 0.15) is 5.65 Å². The summed E-state index contributed by atoms with van der Waals surface area (Å²) in [5, 5.41) is 1.28. The molecule has 0 saturated heterocycles. The number of pyridine rings is 1. The minimum atomic E-state index is 1.02. The zero-order chi connectivity index (χ0) is 9.59. The van der Waals surface area contributed by atoms with Crippen LogP contribution < -0.4 is 0 Å². The van der Waals surface area contributed by atoms with Crippen molar-refractivity contribution in [2.24, 2.45) is 0 Å². The summed E-state index contributed by atoms with van der Waals surface area (Å²) >= 11 is 0. The third-order valence-corrected chi connectivity index (χ3v) is 2.59. The summed E-state index contributed by atoms with van der Waals surface area (Å²) in [5.41, 5.74) is 5.94. The monoisotopic (exact) mass is 174 g/mol. The van der Waals surface area contributed by atoms with Gasteiger partial charge in [-0.05, 0) is 44.9 Å². The van der Waals surface area contributed by atoms with Crippen molar-refractivity contribution in [1.29, 1.82) is 0 Å². The number of H-pyrrole nitrogens is 1. The van der Waals surface area contributed by atoms with E-state index >= 15 is 0 Å². The van der Waals surface area contributed by atoms with Gasteiger partial charge in [0.15, 0.2) is 0 Å². The summed E-state index contributed by atoms with van der Waals surface area (Å²) in [6, 6.07) is 2.13. The minimum absolute atomic E-state index is 1.02. The third-order valence-electron chi connectivity index (χ3n) is 2.59. The Balaban J connectivity index is 2.94. The van der Waals surface area contributed by atoms with Crippen molar-refractivity contribution in [3.63, 3.8) is 0 Å². The van der Waals surface area contributed by atoms with Crippen LogP contribution in [0.5, 0.6) is 0 Å². The third kappa shape index (κ3) is 1.13. The second kappa shape index (κ2) is 2.59. The Hall–Kier alpha value is -1.31. The van der Waals surface area contributed by atoms with E-state index in [1.54, 1.807) is 0 Å². The first-order valence-electron chi connectivity index (χ1n) is 4.52. The maximum absolute atomic E-state index is 4.46. The first-order chi connectivity index (χ1) is 6.09. The molecule has 0 unspecified atom stereocenters. The molecule has 1 N–H and O–H groups in total. The van der Waals surface area contributed by atoms with Gasteiger partial charge in [0.05, 0.1) is 0 Å². The molecular formula is C11H14N2. The summed E-state index contributed by atoms with van der Waals surface area (Å²) < 4.78 is 0. The Morgan fingerprint density at radius 1 is 1.15 bits per heavy atom. The summed E-state index contributed by atoms with van der Waals surface area (Å²) in [6.07, 6.45) is 0. The van der Waals surface area contributed by atoms with Gasteiger partial charge in [0.2, 0.25) is 0 Å². The number of hydrogen-bond acceptors (Lipinski definition) is 1. The quantitative estimate of drug-likeness (QED) is 0.653. The van der Waals surface area contributed by atoms with Crippen LogP contribution in [0.15, 0.2) is 6.07 Å². The van der Waals surface area contributed by atoms with E-state index in [-0.39, 0.29) is 0 Å².